The minimum Gasteiger partial charge on any atom is -0.205 e. The second-order valence-electron chi connectivity index (χ2n) is 9.27. The van der Waals surface area contributed by atoms with Gasteiger partial charge in [-0.15, -0.1) is 0 Å². The van der Waals surface area contributed by atoms with Gasteiger partial charge in [0.15, 0.2) is 0 Å². The van der Waals surface area contributed by atoms with Gasteiger partial charge in [0, 0.05) is 0 Å². The molecular weight excluding hydrogens is 376 g/mol. The number of halogens is 2. The van der Waals surface area contributed by atoms with Crippen LogP contribution in [0.5, 0.6) is 0 Å². The van der Waals surface area contributed by atoms with Crippen molar-refractivity contribution in [1.82, 2.24) is 0 Å². The molecule has 0 aliphatic heterocycles. The van der Waals surface area contributed by atoms with E-state index >= 15 is 0 Å². The van der Waals surface area contributed by atoms with Gasteiger partial charge in [0.1, 0.15) is 23.3 Å². The fraction of sp³-hybridized carbons (Fsp3) is 0.519. The highest BCUT2D eigenvalue weighted by Crippen LogP contribution is 2.48. The van der Waals surface area contributed by atoms with Crippen LogP contribution in [0.3, 0.4) is 0 Å². The maximum atomic E-state index is 14.1. The summed E-state index contributed by atoms with van der Waals surface area (Å²) >= 11 is 0. The SMILES string of the molecule is CCCCCC[C@@H]1CC[C@@H]2c3ccc(-c4cc(F)c(C#N)c(F)c4)cc3CC[C@H]2C1. The average Bonchev–Trinajstić information content (AvgIpc) is 2.76. The second-order valence-corrected chi connectivity index (χ2v) is 9.27. The summed E-state index contributed by atoms with van der Waals surface area (Å²) in [6.45, 7) is 2.27. The number of hydrogen-bond donors (Lipinski definition) is 0. The Kier molecular flexibility index (Phi) is 6.52. The van der Waals surface area contributed by atoms with Crippen LogP contribution < -0.4 is 0 Å². The minimum atomic E-state index is -0.789. The molecule has 3 atom stereocenters. The van der Waals surface area contributed by atoms with Gasteiger partial charge in [-0.2, -0.15) is 5.26 Å². The molecule has 0 radical (unpaired) electrons. The first-order valence-electron chi connectivity index (χ1n) is 11.6. The molecule has 2 aliphatic rings. The molecule has 0 N–H and O–H groups in total. The molecule has 0 amide bonds. The van der Waals surface area contributed by atoms with Gasteiger partial charge in [-0.25, -0.2) is 8.78 Å². The Balaban J connectivity index is 1.48. The number of unbranched alkanes of at least 4 members (excludes halogenated alkanes) is 3. The maximum Gasteiger partial charge on any atom is 0.144 e. The molecular formula is C27H31F2N. The van der Waals surface area contributed by atoms with E-state index in [-0.39, 0.29) is 0 Å². The van der Waals surface area contributed by atoms with E-state index in [9.17, 15) is 8.78 Å². The zero-order valence-corrected chi connectivity index (χ0v) is 17.9. The monoisotopic (exact) mass is 407 g/mol. The number of nitrogens with zero attached hydrogens (tertiary/aromatic N) is 1. The summed E-state index contributed by atoms with van der Waals surface area (Å²) in [5.41, 5.74) is 3.61. The van der Waals surface area contributed by atoms with E-state index in [1.54, 1.807) is 6.07 Å². The lowest BCUT2D eigenvalue weighted by molar-refractivity contribution is 0.199. The molecule has 158 valence electrons. The highest BCUT2D eigenvalue weighted by Gasteiger charge is 2.35. The van der Waals surface area contributed by atoms with Crippen molar-refractivity contribution >= 4 is 0 Å². The standard InChI is InChI=1S/C27H31F2N/c1-2-3-4-5-6-18-7-11-23-20(13-18)8-9-21-14-19(10-12-24(21)23)22-15-26(28)25(17-30)27(29)16-22/h10,12,14-16,18,20,23H,2-9,11,13H2,1H3/t18-,20+,23+/m1/s1. The normalized spacial score (nSPS) is 22.8. The first kappa shape index (κ1) is 21.0. The van der Waals surface area contributed by atoms with Crippen molar-refractivity contribution in [3.8, 4) is 17.2 Å². The van der Waals surface area contributed by atoms with Crippen molar-refractivity contribution in [2.75, 3.05) is 0 Å². The fourth-order valence-electron chi connectivity index (χ4n) is 5.76. The Morgan fingerprint density at radius 3 is 2.50 bits per heavy atom. The second kappa shape index (κ2) is 9.29. The van der Waals surface area contributed by atoms with Gasteiger partial charge >= 0.3 is 0 Å². The van der Waals surface area contributed by atoms with Gasteiger partial charge in [0.2, 0.25) is 0 Å². The smallest absolute Gasteiger partial charge is 0.144 e. The number of fused-ring (bicyclic) bond motifs is 3. The number of nitriles is 1. The molecule has 30 heavy (non-hydrogen) atoms. The van der Waals surface area contributed by atoms with Crippen LogP contribution in [0.15, 0.2) is 30.3 Å². The quantitative estimate of drug-likeness (QED) is 0.446. The van der Waals surface area contributed by atoms with E-state index < -0.39 is 17.2 Å². The Bertz CT molecular complexity index is 919. The van der Waals surface area contributed by atoms with Crippen molar-refractivity contribution < 1.29 is 8.78 Å². The first-order valence-corrected chi connectivity index (χ1v) is 11.6. The van der Waals surface area contributed by atoms with Crippen molar-refractivity contribution in [3.63, 3.8) is 0 Å². The molecule has 2 aliphatic carbocycles. The summed E-state index contributed by atoms with van der Waals surface area (Å²) in [5.74, 6) is 0.751. The van der Waals surface area contributed by atoms with Crippen LogP contribution in [-0.2, 0) is 6.42 Å². The van der Waals surface area contributed by atoms with Crippen LogP contribution in [0, 0.1) is 34.8 Å². The van der Waals surface area contributed by atoms with Gasteiger partial charge in [0.25, 0.3) is 0 Å². The minimum absolute atomic E-state index is 0.504. The van der Waals surface area contributed by atoms with Gasteiger partial charge < -0.3 is 0 Å². The highest BCUT2D eigenvalue weighted by molar-refractivity contribution is 5.66. The molecule has 0 unspecified atom stereocenters. The van der Waals surface area contributed by atoms with E-state index in [2.05, 4.69) is 19.1 Å². The molecule has 2 aromatic rings. The molecule has 0 aromatic heterocycles. The lowest BCUT2D eigenvalue weighted by atomic mass is 9.64. The largest absolute Gasteiger partial charge is 0.205 e. The third kappa shape index (κ3) is 4.29. The lowest BCUT2D eigenvalue weighted by Crippen LogP contribution is -2.28. The van der Waals surface area contributed by atoms with Gasteiger partial charge in [0.05, 0.1) is 0 Å². The Hall–Kier alpha value is -2.21. The summed E-state index contributed by atoms with van der Waals surface area (Å²) in [6, 6.07) is 10.5. The molecule has 0 spiro atoms. The number of rotatable bonds is 6. The third-order valence-corrected chi connectivity index (χ3v) is 7.37. The molecule has 0 saturated heterocycles. The van der Waals surface area contributed by atoms with Crippen LogP contribution in [-0.4, -0.2) is 0 Å². The zero-order chi connectivity index (χ0) is 21.1. The predicted molar refractivity (Wildman–Crippen MR) is 117 cm³/mol. The summed E-state index contributed by atoms with van der Waals surface area (Å²) in [6.07, 6.45) is 13.1. The Morgan fingerprint density at radius 2 is 1.77 bits per heavy atom. The van der Waals surface area contributed by atoms with Crippen molar-refractivity contribution in [3.05, 3.63) is 58.7 Å². The van der Waals surface area contributed by atoms with Crippen LogP contribution in [0.1, 0.15) is 87.3 Å². The summed E-state index contributed by atoms with van der Waals surface area (Å²) in [7, 11) is 0. The lowest BCUT2D eigenvalue weighted by Gasteiger charge is -2.41. The predicted octanol–water partition coefficient (Wildman–Crippen LogP) is 7.92. The van der Waals surface area contributed by atoms with E-state index in [0.29, 0.717) is 11.5 Å². The summed E-state index contributed by atoms with van der Waals surface area (Å²) in [4.78, 5) is 0. The molecule has 1 nitrogen and oxygen atoms in total. The van der Waals surface area contributed by atoms with Crippen LogP contribution in [0.4, 0.5) is 8.78 Å². The number of aryl methyl sites for hydroxylation is 1. The fourth-order valence-corrected chi connectivity index (χ4v) is 5.76. The topological polar surface area (TPSA) is 23.8 Å². The molecule has 0 heterocycles. The number of hydrogen-bond acceptors (Lipinski definition) is 1. The van der Waals surface area contributed by atoms with Gasteiger partial charge in [-0.3, -0.25) is 0 Å². The maximum absolute atomic E-state index is 14.1. The molecule has 4 rings (SSSR count). The van der Waals surface area contributed by atoms with Crippen LogP contribution in [0.2, 0.25) is 0 Å². The van der Waals surface area contributed by atoms with Crippen molar-refractivity contribution in [1.29, 1.82) is 5.26 Å². The van der Waals surface area contributed by atoms with Crippen LogP contribution in [0.25, 0.3) is 11.1 Å². The Morgan fingerprint density at radius 1 is 0.967 bits per heavy atom. The van der Waals surface area contributed by atoms with Gasteiger partial charge in [-0.05, 0) is 84.2 Å². The summed E-state index contributed by atoms with van der Waals surface area (Å²) < 4.78 is 28.1. The van der Waals surface area contributed by atoms with E-state index in [1.807, 2.05) is 6.07 Å². The van der Waals surface area contributed by atoms with Crippen LogP contribution >= 0.6 is 0 Å². The average molecular weight is 408 g/mol. The van der Waals surface area contributed by atoms with E-state index in [0.717, 1.165) is 23.8 Å². The molecule has 0 bridgehead atoms. The molecule has 2 aromatic carbocycles. The third-order valence-electron chi connectivity index (χ3n) is 7.37. The molecule has 1 saturated carbocycles. The van der Waals surface area contributed by atoms with E-state index in [1.165, 1.54) is 81.0 Å². The Labute approximate surface area is 179 Å². The van der Waals surface area contributed by atoms with Gasteiger partial charge in [-0.1, -0.05) is 57.2 Å². The first-order chi connectivity index (χ1) is 14.6. The van der Waals surface area contributed by atoms with E-state index in [4.69, 9.17) is 5.26 Å². The molecule has 1 fully saturated rings. The molecule has 3 heteroatoms. The van der Waals surface area contributed by atoms with Crippen molar-refractivity contribution in [2.45, 2.75) is 77.0 Å². The van der Waals surface area contributed by atoms with Crippen molar-refractivity contribution in [2.24, 2.45) is 11.8 Å². The highest BCUT2D eigenvalue weighted by atomic mass is 19.1. The number of benzene rings is 2. The summed E-state index contributed by atoms with van der Waals surface area (Å²) in [5, 5.41) is 8.89. The zero-order valence-electron chi connectivity index (χ0n) is 17.9.